The zero-order valence-corrected chi connectivity index (χ0v) is 21.0. The maximum atomic E-state index is 13.3. The smallest absolute Gasteiger partial charge is 0.203 e. The first-order chi connectivity index (χ1) is 16.3. The van der Waals surface area contributed by atoms with Gasteiger partial charge in [-0.15, -0.1) is 0 Å². The number of nitrogens with zero attached hydrogens (tertiary/aromatic N) is 1. The fourth-order valence-corrected chi connectivity index (χ4v) is 5.05. The van der Waals surface area contributed by atoms with Crippen molar-refractivity contribution in [3.63, 3.8) is 0 Å². The van der Waals surface area contributed by atoms with Gasteiger partial charge in [0.1, 0.15) is 28.2 Å². The van der Waals surface area contributed by atoms with Crippen LogP contribution < -0.4 is 5.43 Å². The van der Waals surface area contributed by atoms with Crippen LogP contribution in [-0.2, 0) is 0 Å². The van der Waals surface area contributed by atoms with Crippen molar-refractivity contribution in [2.24, 2.45) is 0 Å². The number of aliphatic hydroxyl groups is 1. The second kappa shape index (κ2) is 12.4. The summed E-state index contributed by atoms with van der Waals surface area (Å²) in [7, 11) is 1.94. The normalized spacial score (nSPS) is 19.4. The largest absolute Gasteiger partial charge is 0.507 e. The Morgan fingerprint density at radius 3 is 2.44 bits per heavy atom. The van der Waals surface area contributed by atoms with Crippen LogP contribution in [-0.4, -0.2) is 46.5 Å². The summed E-state index contributed by atoms with van der Waals surface area (Å²) in [5.41, 5.74) is 0.687. The van der Waals surface area contributed by atoms with E-state index in [1.165, 1.54) is 51.0 Å². The first kappa shape index (κ1) is 26.3. The second-order valence-corrected chi connectivity index (χ2v) is 9.82. The molecule has 6 nitrogen and oxygen atoms in total. The third-order valence-electron chi connectivity index (χ3n) is 7.05. The van der Waals surface area contributed by atoms with E-state index >= 15 is 0 Å². The Hall–Kier alpha value is -2.31. The number of unbranched alkanes of at least 4 members (excludes halogenated alkanes) is 8. The highest BCUT2D eigenvalue weighted by Crippen LogP contribution is 2.42. The summed E-state index contributed by atoms with van der Waals surface area (Å²) in [5.74, 6) is -0.382. The third kappa shape index (κ3) is 6.22. The Labute approximate surface area is 202 Å². The number of rotatable bonds is 11. The van der Waals surface area contributed by atoms with Crippen molar-refractivity contribution in [2.45, 2.75) is 90.1 Å². The molecule has 188 valence electrons. The predicted molar refractivity (Wildman–Crippen MR) is 138 cm³/mol. The number of aromatic hydroxyl groups is 2. The lowest BCUT2D eigenvalue weighted by atomic mass is 9.85. The molecule has 3 N–H and O–H groups in total. The Bertz CT molecular complexity index is 1040. The van der Waals surface area contributed by atoms with Gasteiger partial charge in [-0.1, -0.05) is 64.0 Å². The van der Waals surface area contributed by atoms with Crippen LogP contribution in [0.1, 0.15) is 93.9 Å². The first-order valence-corrected chi connectivity index (χ1v) is 12.9. The van der Waals surface area contributed by atoms with Crippen LogP contribution in [0.4, 0.5) is 0 Å². The lowest BCUT2D eigenvalue weighted by Gasteiger charge is -2.34. The zero-order chi connectivity index (χ0) is 24.7. The molecule has 2 atom stereocenters. The Morgan fingerprint density at radius 2 is 1.76 bits per heavy atom. The molecule has 0 amide bonds. The van der Waals surface area contributed by atoms with Gasteiger partial charge in [-0.3, -0.25) is 4.79 Å². The van der Waals surface area contributed by atoms with Gasteiger partial charge in [-0.2, -0.15) is 0 Å². The molecule has 1 saturated heterocycles. The second-order valence-electron chi connectivity index (χ2n) is 9.82. The van der Waals surface area contributed by atoms with E-state index in [1.807, 2.05) is 18.0 Å². The van der Waals surface area contributed by atoms with Crippen molar-refractivity contribution in [3.8, 4) is 11.5 Å². The van der Waals surface area contributed by atoms with E-state index < -0.39 is 6.10 Å². The van der Waals surface area contributed by atoms with E-state index in [2.05, 4.69) is 6.92 Å². The molecule has 1 aliphatic heterocycles. The van der Waals surface area contributed by atoms with Gasteiger partial charge in [-0.25, -0.2) is 0 Å². The van der Waals surface area contributed by atoms with Crippen molar-refractivity contribution < 1.29 is 19.7 Å². The number of aryl methyl sites for hydroxylation is 1. The minimum absolute atomic E-state index is 0.0660. The maximum Gasteiger partial charge on any atom is 0.203 e. The van der Waals surface area contributed by atoms with Crippen LogP contribution in [0.3, 0.4) is 0 Å². The van der Waals surface area contributed by atoms with Gasteiger partial charge in [0.15, 0.2) is 0 Å². The molecule has 1 aliphatic rings. The van der Waals surface area contributed by atoms with Crippen LogP contribution in [0.15, 0.2) is 21.4 Å². The molecule has 6 heteroatoms. The molecule has 0 unspecified atom stereocenters. The number of piperidine rings is 1. The fraction of sp³-hybridized carbons (Fsp3) is 0.607. The Morgan fingerprint density at radius 1 is 1.09 bits per heavy atom. The molecule has 0 aliphatic carbocycles. The average molecular weight is 472 g/mol. The Kier molecular flexibility index (Phi) is 9.60. The molecule has 2 heterocycles. The number of hydrogen-bond acceptors (Lipinski definition) is 6. The molecule has 2 aromatic rings. The number of phenols is 2. The minimum Gasteiger partial charge on any atom is -0.507 e. The van der Waals surface area contributed by atoms with Crippen LogP contribution >= 0.6 is 0 Å². The summed E-state index contributed by atoms with van der Waals surface area (Å²) in [6.45, 7) is 5.18. The first-order valence-electron chi connectivity index (χ1n) is 12.9. The minimum atomic E-state index is -0.700. The highest BCUT2D eigenvalue weighted by molar-refractivity contribution is 5.90. The van der Waals surface area contributed by atoms with Crippen LogP contribution in [0.2, 0.25) is 0 Å². The third-order valence-corrected chi connectivity index (χ3v) is 7.05. The molecule has 3 rings (SSSR count). The fourth-order valence-electron chi connectivity index (χ4n) is 5.05. The number of phenolic OH excluding ortho intramolecular Hbond substituents is 2. The number of benzene rings is 1. The number of hydrogen-bond donors (Lipinski definition) is 3. The topological polar surface area (TPSA) is 94.1 Å². The van der Waals surface area contributed by atoms with Crippen molar-refractivity contribution in [3.05, 3.63) is 39.3 Å². The molecular formula is C28H41NO5. The number of likely N-dealkylation sites (N-methyl/N-ethyl adjacent to an activating group) is 1. The highest BCUT2D eigenvalue weighted by atomic mass is 16.3. The summed E-state index contributed by atoms with van der Waals surface area (Å²) >= 11 is 0. The summed E-state index contributed by atoms with van der Waals surface area (Å²) in [6.07, 6.45) is 14.6. The molecule has 0 radical (unpaired) electrons. The van der Waals surface area contributed by atoms with Gasteiger partial charge >= 0.3 is 0 Å². The molecule has 1 fully saturated rings. The zero-order valence-electron chi connectivity index (χ0n) is 21.0. The number of fused-ring (bicyclic) bond motifs is 1. The summed E-state index contributed by atoms with van der Waals surface area (Å²) in [4.78, 5) is 15.3. The summed E-state index contributed by atoms with van der Waals surface area (Å²) < 4.78 is 6.04. The molecule has 1 aromatic heterocycles. The highest BCUT2D eigenvalue weighted by Gasteiger charge is 2.33. The molecule has 0 bridgehead atoms. The van der Waals surface area contributed by atoms with Crippen molar-refractivity contribution in [1.82, 2.24) is 4.90 Å². The van der Waals surface area contributed by atoms with E-state index in [9.17, 15) is 20.1 Å². The van der Waals surface area contributed by atoms with Gasteiger partial charge in [0.2, 0.25) is 5.43 Å². The van der Waals surface area contributed by atoms with Crippen molar-refractivity contribution in [2.75, 3.05) is 20.1 Å². The molecule has 0 saturated carbocycles. The summed E-state index contributed by atoms with van der Waals surface area (Å²) in [5, 5.41) is 31.8. The van der Waals surface area contributed by atoms with E-state index in [0.717, 1.165) is 19.4 Å². The molecule has 0 spiro atoms. The van der Waals surface area contributed by atoms with Gasteiger partial charge < -0.3 is 24.6 Å². The van der Waals surface area contributed by atoms with Gasteiger partial charge in [0.25, 0.3) is 0 Å². The molecule has 1 aromatic carbocycles. The van der Waals surface area contributed by atoms with E-state index in [1.54, 1.807) is 13.0 Å². The molecular weight excluding hydrogens is 430 g/mol. The van der Waals surface area contributed by atoms with Gasteiger partial charge in [0, 0.05) is 24.1 Å². The lowest BCUT2D eigenvalue weighted by Crippen LogP contribution is -2.40. The van der Waals surface area contributed by atoms with Crippen LogP contribution in [0.5, 0.6) is 11.5 Å². The SMILES string of the molecule is CCCCCCCCCC/C=C/c1c(C)oc2c([C@H]3CCN(C)C[C@H]3O)c(O)cc(O)c2c1=O. The number of likely N-dealkylation sites (tertiary alicyclic amines) is 1. The van der Waals surface area contributed by atoms with Crippen LogP contribution in [0.25, 0.3) is 17.0 Å². The number of β-amino-alcohol motifs (C(OH)–C–C–N with tert-alkyl or cyclic N) is 1. The lowest BCUT2D eigenvalue weighted by molar-refractivity contribution is 0.0630. The quantitative estimate of drug-likeness (QED) is 0.357. The number of allylic oxidation sites excluding steroid dienone is 1. The standard InChI is InChI=1S/C28H41NO5/c1-4-5-6-7-8-9-10-11-12-13-14-20-19(2)34-28-25(21-15-16-29(3)18-24(21)32)22(30)17-23(31)26(28)27(20)33/h13-14,17,21,24,30-32H,4-12,15-16,18H2,1-3H3/b14-13+/t21-,24+/m0/s1. The van der Waals surface area contributed by atoms with Crippen molar-refractivity contribution in [1.29, 1.82) is 0 Å². The average Bonchev–Trinajstić information content (AvgIpc) is 2.77. The monoisotopic (exact) mass is 471 g/mol. The van der Waals surface area contributed by atoms with Gasteiger partial charge in [0.05, 0.1) is 11.7 Å². The summed E-state index contributed by atoms with van der Waals surface area (Å²) in [6, 6.07) is 1.20. The van der Waals surface area contributed by atoms with E-state index in [4.69, 9.17) is 4.42 Å². The predicted octanol–water partition coefficient (Wildman–Crippen LogP) is 5.84. The number of aliphatic hydroxyl groups excluding tert-OH is 1. The van der Waals surface area contributed by atoms with E-state index in [0.29, 0.717) is 29.9 Å². The van der Waals surface area contributed by atoms with Crippen LogP contribution in [0, 0.1) is 6.92 Å². The van der Waals surface area contributed by atoms with E-state index in [-0.39, 0.29) is 33.8 Å². The van der Waals surface area contributed by atoms with Crippen molar-refractivity contribution >= 4 is 17.0 Å². The molecule has 34 heavy (non-hydrogen) atoms. The Balaban J connectivity index is 1.77. The van der Waals surface area contributed by atoms with Gasteiger partial charge in [-0.05, 0) is 39.8 Å². The maximum absolute atomic E-state index is 13.3.